The highest BCUT2D eigenvalue weighted by atomic mass is 35.5. The summed E-state index contributed by atoms with van der Waals surface area (Å²) in [5.41, 5.74) is 1.15. The second-order valence-electron chi connectivity index (χ2n) is 5.15. The molecule has 0 saturated carbocycles. The van der Waals surface area contributed by atoms with Crippen molar-refractivity contribution in [3.05, 3.63) is 22.7 Å². The molecule has 1 rings (SSSR count). The van der Waals surface area contributed by atoms with Crippen molar-refractivity contribution in [2.24, 2.45) is 0 Å². The molecule has 0 unspecified atom stereocenters. The lowest BCUT2D eigenvalue weighted by molar-refractivity contribution is 0.310. The van der Waals surface area contributed by atoms with Crippen molar-refractivity contribution >= 4 is 11.6 Å². The molecule has 0 aromatic heterocycles. The van der Waals surface area contributed by atoms with E-state index >= 15 is 0 Å². The summed E-state index contributed by atoms with van der Waals surface area (Å²) in [5.74, 6) is 1.29. The standard InChI is InChI=1S/C14H22ClNO2/c1-6-18-12-8-10(9-16-14(2,3)4)7-11(15)13(12)17-5/h7-8,16H,6,9H2,1-5H3. The van der Waals surface area contributed by atoms with Gasteiger partial charge in [-0.3, -0.25) is 0 Å². The summed E-state index contributed by atoms with van der Waals surface area (Å²) in [5, 5.41) is 4.00. The van der Waals surface area contributed by atoms with E-state index in [1.54, 1.807) is 7.11 Å². The molecule has 0 atom stereocenters. The molecular formula is C14H22ClNO2. The van der Waals surface area contributed by atoms with Crippen molar-refractivity contribution in [2.75, 3.05) is 13.7 Å². The molecule has 0 aliphatic carbocycles. The van der Waals surface area contributed by atoms with Crippen LogP contribution in [0.5, 0.6) is 11.5 Å². The number of methoxy groups -OCH3 is 1. The molecule has 18 heavy (non-hydrogen) atoms. The Morgan fingerprint density at radius 2 is 1.94 bits per heavy atom. The molecule has 0 aliphatic heterocycles. The molecule has 1 N–H and O–H groups in total. The maximum absolute atomic E-state index is 6.19. The Kier molecular flexibility index (Phi) is 5.29. The zero-order valence-corrected chi connectivity index (χ0v) is 12.5. The summed E-state index contributed by atoms with van der Waals surface area (Å²) in [6.45, 7) is 9.65. The number of hydrogen-bond donors (Lipinski definition) is 1. The first kappa shape index (κ1) is 15.1. The fourth-order valence-corrected chi connectivity index (χ4v) is 1.86. The molecule has 0 saturated heterocycles. The van der Waals surface area contributed by atoms with Crippen molar-refractivity contribution < 1.29 is 9.47 Å². The van der Waals surface area contributed by atoms with Gasteiger partial charge in [-0.05, 0) is 45.4 Å². The minimum atomic E-state index is 0.0676. The van der Waals surface area contributed by atoms with Crippen molar-refractivity contribution in [2.45, 2.75) is 39.8 Å². The van der Waals surface area contributed by atoms with Crippen molar-refractivity contribution in [1.29, 1.82) is 0 Å². The fraction of sp³-hybridized carbons (Fsp3) is 0.571. The van der Waals surface area contributed by atoms with E-state index in [9.17, 15) is 0 Å². The molecule has 0 amide bonds. The first-order valence-corrected chi connectivity index (χ1v) is 6.49. The maximum atomic E-state index is 6.19. The first-order chi connectivity index (χ1) is 8.37. The molecule has 0 aliphatic rings. The van der Waals surface area contributed by atoms with Crippen LogP contribution in [0, 0.1) is 0 Å². The number of benzene rings is 1. The van der Waals surface area contributed by atoms with Crippen LogP contribution in [0.3, 0.4) is 0 Å². The monoisotopic (exact) mass is 271 g/mol. The van der Waals surface area contributed by atoms with Gasteiger partial charge in [0.05, 0.1) is 18.7 Å². The Hall–Kier alpha value is -0.930. The fourth-order valence-electron chi connectivity index (χ4n) is 1.55. The predicted octanol–water partition coefficient (Wildman–Crippen LogP) is 3.64. The van der Waals surface area contributed by atoms with Gasteiger partial charge in [0.1, 0.15) is 0 Å². The van der Waals surface area contributed by atoms with Crippen LogP contribution in [0.1, 0.15) is 33.3 Å². The van der Waals surface area contributed by atoms with Gasteiger partial charge in [-0.2, -0.15) is 0 Å². The second-order valence-corrected chi connectivity index (χ2v) is 5.55. The third-order valence-electron chi connectivity index (χ3n) is 2.40. The van der Waals surface area contributed by atoms with Crippen molar-refractivity contribution in [3.8, 4) is 11.5 Å². The number of rotatable bonds is 5. The van der Waals surface area contributed by atoms with Crippen LogP contribution in [-0.2, 0) is 6.54 Å². The van der Waals surface area contributed by atoms with Gasteiger partial charge in [0.25, 0.3) is 0 Å². The minimum Gasteiger partial charge on any atom is -0.491 e. The van der Waals surface area contributed by atoms with E-state index in [-0.39, 0.29) is 5.54 Å². The maximum Gasteiger partial charge on any atom is 0.179 e. The summed E-state index contributed by atoms with van der Waals surface area (Å²) in [6.07, 6.45) is 0. The molecule has 102 valence electrons. The Morgan fingerprint density at radius 3 is 2.44 bits per heavy atom. The largest absolute Gasteiger partial charge is 0.491 e. The van der Waals surface area contributed by atoms with Gasteiger partial charge in [0, 0.05) is 12.1 Å². The molecule has 0 fully saturated rings. The molecule has 0 spiro atoms. The Labute approximate surface area is 114 Å². The second kappa shape index (κ2) is 6.30. The van der Waals surface area contributed by atoms with E-state index in [4.69, 9.17) is 21.1 Å². The van der Waals surface area contributed by atoms with Crippen LogP contribution in [0.15, 0.2) is 12.1 Å². The van der Waals surface area contributed by atoms with E-state index in [0.29, 0.717) is 23.1 Å². The average Bonchev–Trinajstić information content (AvgIpc) is 2.26. The molecule has 1 aromatic rings. The Balaban J connectivity index is 2.94. The van der Waals surface area contributed by atoms with Gasteiger partial charge in [-0.1, -0.05) is 11.6 Å². The van der Waals surface area contributed by atoms with Crippen LogP contribution in [0.2, 0.25) is 5.02 Å². The van der Waals surface area contributed by atoms with Crippen LogP contribution in [0.25, 0.3) is 0 Å². The SMILES string of the molecule is CCOc1cc(CNC(C)(C)C)cc(Cl)c1OC. The van der Waals surface area contributed by atoms with Gasteiger partial charge < -0.3 is 14.8 Å². The zero-order valence-electron chi connectivity index (χ0n) is 11.8. The number of nitrogens with one attached hydrogen (secondary N) is 1. The zero-order chi connectivity index (χ0) is 13.8. The van der Waals surface area contributed by atoms with Crippen LogP contribution < -0.4 is 14.8 Å². The molecule has 0 bridgehead atoms. The van der Waals surface area contributed by atoms with E-state index in [1.165, 1.54) is 0 Å². The molecule has 0 radical (unpaired) electrons. The summed E-state index contributed by atoms with van der Waals surface area (Å²) in [7, 11) is 1.59. The molecule has 4 heteroatoms. The number of ether oxygens (including phenoxy) is 2. The molecular weight excluding hydrogens is 250 g/mol. The Morgan fingerprint density at radius 1 is 1.28 bits per heavy atom. The predicted molar refractivity (Wildman–Crippen MR) is 75.8 cm³/mol. The van der Waals surface area contributed by atoms with E-state index in [1.807, 2.05) is 19.1 Å². The minimum absolute atomic E-state index is 0.0676. The average molecular weight is 272 g/mol. The third kappa shape index (κ3) is 4.39. The molecule has 0 heterocycles. The van der Waals surface area contributed by atoms with Gasteiger partial charge in [-0.25, -0.2) is 0 Å². The highest BCUT2D eigenvalue weighted by Gasteiger charge is 2.13. The van der Waals surface area contributed by atoms with Gasteiger partial charge in [-0.15, -0.1) is 0 Å². The van der Waals surface area contributed by atoms with Crippen molar-refractivity contribution in [1.82, 2.24) is 5.32 Å². The van der Waals surface area contributed by atoms with Crippen molar-refractivity contribution in [3.63, 3.8) is 0 Å². The number of halogens is 1. The molecule has 1 aromatic carbocycles. The lowest BCUT2D eigenvalue weighted by Gasteiger charge is -2.21. The lowest BCUT2D eigenvalue weighted by Crippen LogP contribution is -2.35. The van der Waals surface area contributed by atoms with E-state index in [0.717, 1.165) is 12.1 Å². The van der Waals surface area contributed by atoms with Gasteiger partial charge >= 0.3 is 0 Å². The van der Waals surface area contributed by atoms with Crippen LogP contribution in [0.4, 0.5) is 0 Å². The summed E-state index contributed by atoms with van der Waals surface area (Å²) in [4.78, 5) is 0. The highest BCUT2D eigenvalue weighted by molar-refractivity contribution is 6.32. The van der Waals surface area contributed by atoms with Gasteiger partial charge in [0.15, 0.2) is 11.5 Å². The van der Waals surface area contributed by atoms with E-state index in [2.05, 4.69) is 26.1 Å². The van der Waals surface area contributed by atoms with Gasteiger partial charge in [0.2, 0.25) is 0 Å². The van der Waals surface area contributed by atoms with E-state index < -0.39 is 0 Å². The van der Waals surface area contributed by atoms with Crippen LogP contribution in [-0.4, -0.2) is 19.3 Å². The highest BCUT2D eigenvalue weighted by Crippen LogP contribution is 2.36. The molecule has 3 nitrogen and oxygen atoms in total. The summed E-state index contributed by atoms with van der Waals surface area (Å²) >= 11 is 6.19. The smallest absolute Gasteiger partial charge is 0.179 e. The summed E-state index contributed by atoms with van der Waals surface area (Å²) in [6, 6.07) is 3.87. The quantitative estimate of drug-likeness (QED) is 0.887. The first-order valence-electron chi connectivity index (χ1n) is 6.11. The van der Waals surface area contributed by atoms with Crippen LogP contribution >= 0.6 is 11.6 Å². The third-order valence-corrected chi connectivity index (χ3v) is 2.68. The normalized spacial score (nSPS) is 11.4. The summed E-state index contributed by atoms with van der Waals surface area (Å²) < 4.78 is 10.8. The topological polar surface area (TPSA) is 30.5 Å². The number of hydrogen-bond acceptors (Lipinski definition) is 3. The Bertz CT molecular complexity index is 400. The lowest BCUT2D eigenvalue weighted by atomic mass is 10.1.